The number of halogens is 1. The quantitative estimate of drug-likeness (QED) is 0.925. The van der Waals surface area contributed by atoms with Crippen LogP contribution in [0.1, 0.15) is 30.7 Å². The fourth-order valence-corrected chi connectivity index (χ4v) is 3.82. The second kappa shape index (κ2) is 4.46. The number of carbonyl (C=O) groups is 1. The van der Waals surface area contributed by atoms with Crippen LogP contribution >= 0.6 is 15.9 Å². The van der Waals surface area contributed by atoms with E-state index in [0.29, 0.717) is 24.3 Å². The number of fused-ring (bicyclic) bond motifs is 2. The van der Waals surface area contributed by atoms with Crippen LogP contribution in [0.5, 0.6) is 0 Å². The number of nitrogens with zero attached hydrogens (tertiary/aromatic N) is 2. The molecule has 0 radical (unpaired) electrons. The molecule has 2 bridgehead atoms. The standard InChI is InChI=1S/C13H18BrN3O/c1-7-13(14)11(17(2)16-7)6-12(18)9-5-8-3-4-10(9)15-8/h8-10,15H,3-6H2,1-2H3. The highest BCUT2D eigenvalue weighted by molar-refractivity contribution is 9.10. The summed E-state index contributed by atoms with van der Waals surface area (Å²) in [4.78, 5) is 12.4. The Morgan fingerprint density at radius 3 is 2.83 bits per heavy atom. The second-order valence-corrected chi connectivity index (χ2v) is 6.30. The Labute approximate surface area is 115 Å². The summed E-state index contributed by atoms with van der Waals surface area (Å²) in [5, 5.41) is 7.86. The van der Waals surface area contributed by atoms with E-state index in [1.807, 2.05) is 18.7 Å². The molecule has 1 N–H and O–H groups in total. The van der Waals surface area contributed by atoms with Gasteiger partial charge in [-0.25, -0.2) is 0 Å². The van der Waals surface area contributed by atoms with Crippen molar-refractivity contribution in [3.8, 4) is 0 Å². The van der Waals surface area contributed by atoms with Crippen molar-refractivity contribution in [3.05, 3.63) is 15.9 Å². The topological polar surface area (TPSA) is 46.9 Å². The summed E-state index contributed by atoms with van der Waals surface area (Å²) in [6.07, 6.45) is 3.92. The van der Waals surface area contributed by atoms with Gasteiger partial charge in [-0.15, -0.1) is 0 Å². The number of aryl methyl sites for hydroxylation is 2. The van der Waals surface area contributed by atoms with Crippen molar-refractivity contribution < 1.29 is 4.79 Å². The van der Waals surface area contributed by atoms with Gasteiger partial charge >= 0.3 is 0 Å². The molecule has 5 heteroatoms. The first-order valence-electron chi connectivity index (χ1n) is 6.53. The van der Waals surface area contributed by atoms with Crippen molar-refractivity contribution in [3.63, 3.8) is 0 Å². The van der Waals surface area contributed by atoms with Crippen LogP contribution in [0, 0.1) is 12.8 Å². The highest BCUT2D eigenvalue weighted by Gasteiger charge is 2.42. The van der Waals surface area contributed by atoms with E-state index >= 15 is 0 Å². The lowest BCUT2D eigenvalue weighted by Gasteiger charge is -2.18. The van der Waals surface area contributed by atoms with Crippen LogP contribution in [0.25, 0.3) is 0 Å². The van der Waals surface area contributed by atoms with Gasteiger partial charge in [0.2, 0.25) is 0 Å². The molecule has 18 heavy (non-hydrogen) atoms. The lowest BCUT2D eigenvalue weighted by atomic mass is 9.84. The molecule has 2 saturated heterocycles. The number of hydrogen-bond acceptors (Lipinski definition) is 3. The van der Waals surface area contributed by atoms with E-state index in [2.05, 4.69) is 26.3 Å². The molecule has 0 saturated carbocycles. The van der Waals surface area contributed by atoms with Gasteiger partial charge in [0, 0.05) is 31.5 Å². The molecule has 3 rings (SSSR count). The molecular weight excluding hydrogens is 294 g/mol. The van der Waals surface area contributed by atoms with E-state index in [1.165, 1.54) is 6.42 Å². The van der Waals surface area contributed by atoms with Gasteiger partial charge in [-0.1, -0.05) is 0 Å². The minimum absolute atomic E-state index is 0.214. The van der Waals surface area contributed by atoms with Gasteiger partial charge in [0.25, 0.3) is 0 Å². The normalized spacial score (nSPS) is 30.1. The lowest BCUT2D eigenvalue weighted by Crippen LogP contribution is -2.30. The van der Waals surface area contributed by atoms with Crippen LogP contribution in [-0.4, -0.2) is 27.6 Å². The van der Waals surface area contributed by atoms with Gasteiger partial charge < -0.3 is 5.32 Å². The number of hydrogen-bond donors (Lipinski definition) is 1. The Morgan fingerprint density at radius 2 is 2.33 bits per heavy atom. The molecule has 0 aromatic carbocycles. The Bertz CT molecular complexity index is 497. The molecule has 1 aromatic rings. The Morgan fingerprint density at radius 1 is 1.56 bits per heavy atom. The summed E-state index contributed by atoms with van der Waals surface area (Å²) in [6.45, 7) is 1.96. The summed E-state index contributed by atoms with van der Waals surface area (Å²) in [5.74, 6) is 0.573. The van der Waals surface area contributed by atoms with Crippen molar-refractivity contribution in [1.82, 2.24) is 15.1 Å². The van der Waals surface area contributed by atoms with Crippen molar-refractivity contribution in [2.75, 3.05) is 0 Å². The van der Waals surface area contributed by atoms with E-state index in [0.717, 1.165) is 28.7 Å². The SMILES string of the molecule is Cc1nn(C)c(CC(=O)C2CC3CCC2N3)c1Br. The maximum Gasteiger partial charge on any atom is 0.143 e. The molecule has 0 aliphatic carbocycles. The molecule has 1 aromatic heterocycles. The second-order valence-electron chi connectivity index (χ2n) is 5.50. The third kappa shape index (κ3) is 1.93. The zero-order valence-electron chi connectivity index (χ0n) is 10.7. The van der Waals surface area contributed by atoms with Gasteiger partial charge in [0.15, 0.2) is 0 Å². The highest BCUT2D eigenvalue weighted by Crippen LogP contribution is 2.34. The zero-order chi connectivity index (χ0) is 12.9. The van der Waals surface area contributed by atoms with Gasteiger partial charge in [0.05, 0.1) is 15.9 Å². The molecule has 0 amide bonds. The molecule has 2 fully saturated rings. The van der Waals surface area contributed by atoms with Gasteiger partial charge in [0.1, 0.15) is 5.78 Å². The fourth-order valence-electron chi connectivity index (χ4n) is 3.35. The third-order valence-electron chi connectivity index (χ3n) is 4.32. The molecule has 98 valence electrons. The Kier molecular flexibility index (Phi) is 3.06. The van der Waals surface area contributed by atoms with E-state index in [9.17, 15) is 4.79 Å². The minimum atomic E-state index is 0.214. The lowest BCUT2D eigenvalue weighted by molar-refractivity contribution is -0.122. The molecule has 2 aliphatic rings. The third-order valence-corrected chi connectivity index (χ3v) is 5.35. The van der Waals surface area contributed by atoms with Crippen LogP contribution in [-0.2, 0) is 18.3 Å². The number of ketones is 1. The Balaban J connectivity index is 1.75. The summed E-state index contributed by atoms with van der Waals surface area (Å²) < 4.78 is 2.80. The molecule has 0 spiro atoms. The van der Waals surface area contributed by atoms with Crippen molar-refractivity contribution in [1.29, 1.82) is 0 Å². The summed E-state index contributed by atoms with van der Waals surface area (Å²) >= 11 is 3.53. The molecule has 3 heterocycles. The number of Topliss-reactive ketones (excluding diaryl/α,β-unsaturated/α-hetero) is 1. The van der Waals surface area contributed by atoms with Crippen LogP contribution in [0.3, 0.4) is 0 Å². The maximum absolute atomic E-state index is 12.4. The van der Waals surface area contributed by atoms with E-state index in [4.69, 9.17) is 0 Å². The number of rotatable bonds is 3. The zero-order valence-corrected chi connectivity index (χ0v) is 12.3. The molecule has 3 atom stereocenters. The van der Waals surface area contributed by atoms with Gasteiger partial charge in [-0.3, -0.25) is 9.48 Å². The fraction of sp³-hybridized carbons (Fsp3) is 0.692. The average Bonchev–Trinajstić information content (AvgIpc) is 3.00. The van der Waals surface area contributed by atoms with Crippen LogP contribution in [0.2, 0.25) is 0 Å². The number of carbonyl (C=O) groups excluding carboxylic acids is 1. The average molecular weight is 312 g/mol. The van der Waals surface area contributed by atoms with Crippen molar-refractivity contribution in [2.24, 2.45) is 13.0 Å². The molecular formula is C13H18BrN3O. The van der Waals surface area contributed by atoms with Crippen LogP contribution in [0.15, 0.2) is 4.47 Å². The van der Waals surface area contributed by atoms with Crippen LogP contribution in [0.4, 0.5) is 0 Å². The predicted octanol–water partition coefficient (Wildman–Crippen LogP) is 1.74. The largest absolute Gasteiger partial charge is 0.310 e. The summed E-state index contributed by atoms with van der Waals surface area (Å²) in [6, 6.07) is 1.01. The van der Waals surface area contributed by atoms with Crippen molar-refractivity contribution in [2.45, 2.75) is 44.7 Å². The Hall–Kier alpha value is -0.680. The molecule has 3 unspecified atom stereocenters. The molecule has 2 aliphatic heterocycles. The van der Waals surface area contributed by atoms with E-state index < -0.39 is 0 Å². The first kappa shape index (κ1) is 12.4. The number of nitrogens with one attached hydrogen (secondary N) is 1. The monoisotopic (exact) mass is 311 g/mol. The molecule has 4 nitrogen and oxygen atoms in total. The van der Waals surface area contributed by atoms with E-state index in [-0.39, 0.29) is 5.92 Å². The predicted molar refractivity (Wildman–Crippen MR) is 72.4 cm³/mol. The van der Waals surface area contributed by atoms with Crippen LogP contribution < -0.4 is 5.32 Å². The first-order chi connectivity index (χ1) is 8.56. The number of aromatic nitrogens is 2. The van der Waals surface area contributed by atoms with Crippen molar-refractivity contribution >= 4 is 21.7 Å². The van der Waals surface area contributed by atoms with Gasteiger partial charge in [-0.05, 0) is 42.1 Å². The highest BCUT2D eigenvalue weighted by atomic mass is 79.9. The first-order valence-corrected chi connectivity index (χ1v) is 7.32. The maximum atomic E-state index is 12.4. The summed E-state index contributed by atoms with van der Waals surface area (Å²) in [7, 11) is 1.90. The smallest absolute Gasteiger partial charge is 0.143 e. The minimum Gasteiger partial charge on any atom is -0.310 e. The van der Waals surface area contributed by atoms with E-state index in [1.54, 1.807) is 0 Å². The summed E-state index contributed by atoms with van der Waals surface area (Å²) in [5.41, 5.74) is 1.95. The van der Waals surface area contributed by atoms with Gasteiger partial charge in [-0.2, -0.15) is 5.10 Å².